The summed E-state index contributed by atoms with van der Waals surface area (Å²) in [7, 11) is 0. The first-order valence-electron chi connectivity index (χ1n) is 10.1. The summed E-state index contributed by atoms with van der Waals surface area (Å²) in [5.41, 5.74) is 0.00299. The van der Waals surface area contributed by atoms with Crippen LogP contribution in [0, 0.1) is 34.5 Å². The molecular formula is C21H32O5. The third kappa shape index (κ3) is 2.20. The van der Waals surface area contributed by atoms with Crippen LogP contribution in [0.5, 0.6) is 0 Å². The molecule has 4 aliphatic carbocycles. The van der Waals surface area contributed by atoms with E-state index in [0.29, 0.717) is 25.7 Å². The van der Waals surface area contributed by atoms with Crippen molar-refractivity contribution in [3.05, 3.63) is 11.6 Å². The van der Waals surface area contributed by atoms with Crippen molar-refractivity contribution in [2.24, 2.45) is 34.5 Å². The van der Waals surface area contributed by atoms with Gasteiger partial charge in [0.15, 0.2) is 5.78 Å². The highest BCUT2D eigenvalue weighted by Gasteiger charge is 2.67. The molecule has 10 atom stereocenters. The van der Waals surface area contributed by atoms with Gasteiger partial charge in [-0.15, -0.1) is 0 Å². The minimum atomic E-state index is -0.966. The van der Waals surface area contributed by atoms with Crippen molar-refractivity contribution < 1.29 is 25.2 Å². The van der Waals surface area contributed by atoms with Gasteiger partial charge in [-0.25, -0.2) is 0 Å². The summed E-state index contributed by atoms with van der Waals surface area (Å²) in [4.78, 5) is 12.6. The molecule has 0 spiro atoms. The first kappa shape index (κ1) is 18.6. The number of carbonyl (C=O) groups excluding carboxylic acids is 1. The number of ketones is 1. The summed E-state index contributed by atoms with van der Waals surface area (Å²) in [5.74, 6) is -0.610. The number of carbonyl (C=O) groups is 1. The lowest BCUT2D eigenvalue weighted by atomic mass is 9.43. The molecule has 0 aromatic carbocycles. The van der Waals surface area contributed by atoms with Crippen molar-refractivity contribution in [1.29, 1.82) is 0 Å². The molecule has 146 valence electrons. The van der Waals surface area contributed by atoms with Gasteiger partial charge in [-0.05, 0) is 67.3 Å². The summed E-state index contributed by atoms with van der Waals surface area (Å²) in [6.45, 7) is 6.01. The molecule has 4 saturated carbocycles. The normalized spacial score (nSPS) is 58.3. The van der Waals surface area contributed by atoms with E-state index in [-0.39, 0.29) is 34.9 Å². The summed E-state index contributed by atoms with van der Waals surface area (Å²) in [6, 6.07) is 0. The molecule has 4 rings (SSSR count). The van der Waals surface area contributed by atoms with Gasteiger partial charge >= 0.3 is 0 Å². The van der Waals surface area contributed by atoms with E-state index >= 15 is 0 Å². The summed E-state index contributed by atoms with van der Waals surface area (Å²) in [5, 5.41) is 43.3. The van der Waals surface area contributed by atoms with Gasteiger partial charge < -0.3 is 20.4 Å². The Labute approximate surface area is 155 Å². The highest BCUT2D eigenvalue weighted by molar-refractivity contribution is 5.99. The van der Waals surface area contributed by atoms with Crippen LogP contribution in [0.15, 0.2) is 11.6 Å². The third-order valence-electron chi connectivity index (χ3n) is 8.66. The molecule has 0 aromatic heterocycles. The Morgan fingerprint density at radius 3 is 2.42 bits per heavy atom. The van der Waals surface area contributed by atoms with Crippen LogP contribution < -0.4 is 0 Å². The molecule has 0 heterocycles. The van der Waals surface area contributed by atoms with Crippen molar-refractivity contribution in [1.82, 2.24) is 0 Å². The summed E-state index contributed by atoms with van der Waals surface area (Å²) in [6.07, 6.45) is 1.67. The highest BCUT2D eigenvalue weighted by atomic mass is 16.3. The van der Waals surface area contributed by atoms with Gasteiger partial charge in [-0.1, -0.05) is 19.9 Å². The summed E-state index contributed by atoms with van der Waals surface area (Å²) >= 11 is 0. The quantitative estimate of drug-likeness (QED) is 0.488. The van der Waals surface area contributed by atoms with Crippen LogP contribution in [0.2, 0.25) is 0 Å². The van der Waals surface area contributed by atoms with Gasteiger partial charge in [0.05, 0.1) is 24.4 Å². The minimum Gasteiger partial charge on any atom is -0.393 e. The van der Waals surface area contributed by atoms with Crippen molar-refractivity contribution in [2.45, 2.75) is 77.3 Å². The van der Waals surface area contributed by atoms with Gasteiger partial charge in [-0.2, -0.15) is 0 Å². The Balaban J connectivity index is 1.80. The second-order valence-corrected chi connectivity index (χ2v) is 9.75. The molecule has 0 unspecified atom stereocenters. The molecule has 5 heteroatoms. The Bertz CT molecular complexity index is 644. The average Bonchev–Trinajstić information content (AvgIpc) is 2.82. The third-order valence-corrected chi connectivity index (χ3v) is 8.66. The zero-order chi connectivity index (χ0) is 19.0. The monoisotopic (exact) mass is 364 g/mol. The first-order chi connectivity index (χ1) is 12.1. The zero-order valence-corrected chi connectivity index (χ0v) is 15.9. The number of aliphatic hydroxyl groups is 4. The van der Waals surface area contributed by atoms with E-state index in [1.54, 1.807) is 0 Å². The Morgan fingerprint density at radius 2 is 1.77 bits per heavy atom. The topological polar surface area (TPSA) is 98.0 Å². The van der Waals surface area contributed by atoms with Gasteiger partial charge in [0, 0.05) is 11.8 Å². The van der Waals surface area contributed by atoms with E-state index in [0.717, 1.165) is 12.0 Å². The number of allylic oxidation sites excluding steroid dienone is 2. The fraction of sp³-hybridized carbons (Fsp3) is 0.857. The highest BCUT2D eigenvalue weighted by Crippen LogP contribution is 2.66. The van der Waals surface area contributed by atoms with Gasteiger partial charge in [-0.3, -0.25) is 4.79 Å². The Hall–Kier alpha value is -0.750. The van der Waals surface area contributed by atoms with Crippen LogP contribution in [-0.2, 0) is 4.79 Å². The smallest absolute Gasteiger partial charge is 0.159 e. The van der Waals surface area contributed by atoms with Crippen molar-refractivity contribution >= 4 is 5.78 Å². The standard InChI is InChI=1S/C21H32O5/c1-4-11-14(23)8-12-16-17(15(24)9-21(11,12)3)20(2)6-5-10(22)7-13(20)18(25)19(16)26/h4,10,12-13,15-19,22,24-26H,5-9H2,1-3H3/b11-4-/t10-,12-,13+,15-,16-,17-,18+,19+,20-,21+/m0/s1. The number of fused-ring (bicyclic) bond motifs is 5. The number of rotatable bonds is 0. The predicted octanol–water partition coefficient (Wildman–Crippen LogP) is 1.43. The maximum atomic E-state index is 12.6. The van der Waals surface area contributed by atoms with E-state index in [9.17, 15) is 25.2 Å². The second-order valence-electron chi connectivity index (χ2n) is 9.75. The van der Waals surface area contributed by atoms with E-state index in [4.69, 9.17) is 0 Å². The SMILES string of the molecule is C/C=C1/C(=O)C[C@H]2[C@@H]3[C@@H](O)[C@H](O)[C@H]4C[C@@H](O)CC[C@]4(C)[C@H]3[C@@H](O)C[C@]12C. The van der Waals surface area contributed by atoms with E-state index in [1.165, 1.54) is 0 Å². The average molecular weight is 364 g/mol. The molecular weight excluding hydrogens is 332 g/mol. The molecule has 0 bridgehead atoms. The van der Waals surface area contributed by atoms with Crippen LogP contribution in [0.1, 0.15) is 52.9 Å². The lowest BCUT2D eigenvalue weighted by Crippen LogP contribution is -2.67. The number of hydrogen-bond acceptors (Lipinski definition) is 5. The van der Waals surface area contributed by atoms with Crippen LogP contribution in [0.25, 0.3) is 0 Å². The largest absolute Gasteiger partial charge is 0.393 e. The number of hydrogen-bond donors (Lipinski definition) is 4. The van der Waals surface area contributed by atoms with Gasteiger partial charge in [0.1, 0.15) is 0 Å². The van der Waals surface area contributed by atoms with Crippen LogP contribution in [0.3, 0.4) is 0 Å². The van der Waals surface area contributed by atoms with Crippen molar-refractivity contribution in [3.8, 4) is 0 Å². The van der Waals surface area contributed by atoms with Crippen LogP contribution in [0.4, 0.5) is 0 Å². The van der Waals surface area contributed by atoms with Crippen molar-refractivity contribution in [3.63, 3.8) is 0 Å². The molecule has 0 aromatic rings. The lowest BCUT2D eigenvalue weighted by Gasteiger charge is -2.64. The van der Waals surface area contributed by atoms with E-state index in [1.807, 2.05) is 19.9 Å². The van der Waals surface area contributed by atoms with Crippen LogP contribution in [-0.4, -0.2) is 50.6 Å². The van der Waals surface area contributed by atoms with Gasteiger partial charge in [0.25, 0.3) is 0 Å². The second kappa shape index (κ2) is 5.87. The lowest BCUT2D eigenvalue weighted by molar-refractivity contribution is -0.243. The summed E-state index contributed by atoms with van der Waals surface area (Å²) < 4.78 is 0. The molecule has 4 N–H and O–H groups in total. The number of aliphatic hydroxyl groups excluding tert-OH is 4. The fourth-order valence-corrected chi connectivity index (χ4v) is 7.52. The maximum Gasteiger partial charge on any atom is 0.159 e. The molecule has 0 saturated heterocycles. The van der Waals surface area contributed by atoms with Gasteiger partial charge in [0.2, 0.25) is 0 Å². The Morgan fingerprint density at radius 1 is 1.08 bits per heavy atom. The van der Waals surface area contributed by atoms with Crippen molar-refractivity contribution in [2.75, 3.05) is 0 Å². The molecule has 4 fully saturated rings. The fourth-order valence-electron chi connectivity index (χ4n) is 7.52. The molecule has 0 radical (unpaired) electrons. The molecule has 5 nitrogen and oxygen atoms in total. The number of Topliss-reactive ketones (excluding diaryl/α,β-unsaturated/α-hetero) is 1. The Kier molecular flexibility index (Phi) is 4.20. The molecule has 0 amide bonds. The molecule has 4 aliphatic rings. The molecule has 0 aliphatic heterocycles. The molecule has 26 heavy (non-hydrogen) atoms. The van der Waals surface area contributed by atoms with E-state index < -0.39 is 29.8 Å². The first-order valence-corrected chi connectivity index (χ1v) is 10.1. The van der Waals surface area contributed by atoms with E-state index in [2.05, 4.69) is 6.92 Å². The zero-order valence-electron chi connectivity index (χ0n) is 15.9. The van der Waals surface area contributed by atoms with Crippen LogP contribution >= 0.6 is 0 Å². The predicted molar refractivity (Wildman–Crippen MR) is 96.1 cm³/mol. The minimum absolute atomic E-state index is 0.0520. The maximum absolute atomic E-state index is 12.6.